The monoisotopic (exact) mass is 262 g/mol. The molecule has 0 heterocycles. The highest BCUT2D eigenvalue weighted by Gasteiger charge is 2.16. The van der Waals surface area contributed by atoms with Gasteiger partial charge in [0.05, 0.1) is 19.6 Å². The van der Waals surface area contributed by atoms with Gasteiger partial charge in [0.2, 0.25) is 0 Å². The summed E-state index contributed by atoms with van der Waals surface area (Å²) >= 11 is 0. The summed E-state index contributed by atoms with van der Waals surface area (Å²) in [6.45, 7) is 0.263. The minimum Gasteiger partial charge on any atom is -0.497 e. The van der Waals surface area contributed by atoms with Crippen LogP contribution in [0.5, 0.6) is 5.75 Å². The molecule has 2 rings (SSSR count). The molecule has 0 unspecified atom stereocenters. The lowest BCUT2D eigenvalue weighted by Gasteiger charge is -2.06. The van der Waals surface area contributed by atoms with Gasteiger partial charge in [0, 0.05) is 0 Å². The molecule has 102 valence electrons. The van der Waals surface area contributed by atoms with E-state index in [4.69, 9.17) is 9.47 Å². The zero-order chi connectivity index (χ0) is 13.7. The smallest absolute Gasteiger partial charge is 0.310 e. The van der Waals surface area contributed by atoms with Crippen LogP contribution < -0.4 is 4.74 Å². The number of carbonyl (C=O) groups excluding carboxylic acids is 1. The van der Waals surface area contributed by atoms with Gasteiger partial charge < -0.3 is 14.6 Å². The van der Waals surface area contributed by atoms with Gasteiger partial charge in [0.25, 0.3) is 0 Å². The molecule has 1 aromatic carbocycles. The molecule has 1 atom stereocenters. The van der Waals surface area contributed by atoms with Gasteiger partial charge in [-0.25, -0.2) is 0 Å². The van der Waals surface area contributed by atoms with Crippen molar-refractivity contribution in [3.8, 4) is 5.75 Å². The Kier molecular flexibility index (Phi) is 4.58. The minimum atomic E-state index is -0.399. The van der Waals surface area contributed by atoms with Crippen molar-refractivity contribution >= 4 is 5.97 Å². The molecule has 0 aliphatic heterocycles. The van der Waals surface area contributed by atoms with Crippen LogP contribution in [0.3, 0.4) is 0 Å². The molecule has 0 spiro atoms. The number of aliphatic hydroxyl groups is 1. The van der Waals surface area contributed by atoms with Crippen LogP contribution in [0.4, 0.5) is 0 Å². The normalized spacial score (nSPS) is 18.0. The predicted octanol–water partition coefficient (Wildman–Crippen LogP) is 2.21. The van der Waals surface area contributed by atoms with E-state index in [2.05, 4.69) is 0 Å². The number of rotatable bonds is 5. The number of carbonyl (C=O) groups is 1. The summed E-state index contributed by atoms with van der Waals surface area (Å²) in [7, 11) is 1.61. The first-order chi connectivity index (χ1) is 9.17. The van der Waals surface area contributed by atoms with Crippen LogP contribution >= 0.6 is 0 Å². The van der Waals surface area contributed by atoms with Gasteiger partial charge in [-0.05, 0) is 30.5 Å². The molecule has 4 nitrogen and oxygen atoms in total. The number of esters is 1. The number of aliphatic hydroxyl groups excluding tert-OH is 1. The molecule has 1 aliphatic rings. The predicted molar refractivity (Wildman–Crippen MR) is 70.7 cm³/mol. The summed E-state index contributed by atoms with van der Waals surface area (Å²) in [5.41, 5.74) is 1.89. The van der Waals surface area contributed by atoms with Crippen molar-refractivity contribution in [2.45, 2.75) is 32.0 Å². The molecule has 0 fully saturated rings. The van der Waals surface area contributed by atoms with E-state index >= 15 is 0 Å². The van der Waals surface area contributed by atoms with Gasteiger partial charge in [0.1, 0.15) is 12.4 Å². The first-order valence-corrected chi connectivity index (χ1v) is 6.33. The zero-order valence-electron chi connectivity index (χ0n) is 11.0. The van der Waals surface area contributed by atoms with E-state index < -0.39 is 6.10 Å². The Morgan fingerprint density at radius 3 is 2.68 bits per heavy atom. The van der Waals surface area contributed by atoms with E-state index in [0.29, 0.717) is 6.42 Å². The van der Waals surface area contributed by atoms with E-state index in [1.54, 1.807) is 13.2 Å². The molecule has 0 saturated carbocycles. The second-order valence-electron chi connectivity index (χ2n) is 4.62. The molecule has 4 heteroatoms. The molecule has 19 heavy (non-hydrogen) atoms. The number of benzene rings is 1. The van der Waals surface area contributed by atoms with Crippen molar-refractivity contribution in [2.24, 2.45) is 0 Å². The fourth-order valence-electron chi connectivity index (χ4n) is 2.04. The average molecular weight is 262 g/mol. The van der Waals surface area contributed by atoms with Crippen molar-refractivity contribution in [3.63, 3.8) is 0 Å². The van der Waals surface area contributed by atoms with E-state index in [0.717, 1.165) is 23.3 Å². The van der Waals surface area contributed by atoms with Crippen molar-refractivity contribution in [2.75, 3.05) is 7.11 Å². The Bertz CT molecular complexity index is 462. The molecule has 0 saturated heterocycles. The third-order valence-electron chi connectivity index (χ3n) is 3.12. The summed E-state index contributed by atoms with van der Waals surface area (Å²) < 4.78 is 10.3. The van der Waals surface area contributed by atoms with Crippen LogP contribution in [-0.4, -0.2) is 24.3 Å². The van der Waals surface area contributed by atoms with Crippen LogP contribution in [0.15, 0.2) is 35.9 Å². The maximum absolute atomic E-state index is 11.6. The molecular formula is C15H18O4. The summed E-state index contributed by atoms with van der Waals surface area (Å²) in [6, 6.07) is 7.40. The Hall–Kier alpha value is -1.81. The first kappa shape index (κ1) is 13.6. The topological polar surface area (TPSA) is 55.8 Å². The largest absolute Gasteiger partial charge is 0.497 e. The van der Waals surface area contributed by atoms with Crippen LogP contribution in [0.2, 0.25) is 0 Å². The highest BCUT2D eigenvalue weighted by molar-refractivity contribution is 5.72. The molecular weight excluding hydrogens is 244 g/mol. The van der Waals surface area contributed by atoms with Gasteiger partial charge >= 0.3 is 5.97 Å². The van der Waals surface area contributed by atoms with Crippen LogP contribution in [0, 0.1) is 0 Å². The SMILES string of the molecule is COc1ccc(COC(=O)CC2=C[C@H](O)CC2)cc1. The van der Waals surface area contributed by atoms with Gasteiger partial charge in [-0.15, -0.1) is 0 Å². The van der Waals surface area contributed by atoms with Crippen molar-refractivity contribution in [3.05, 3.63) is 41.5 Å². The Labute approximate surface area is 112 Å². The fourth-order valence-corrected chi connectivity index (χ4v) is 2.04. The van der Waals surface area contributed by atoms with Gasteiger partial charge in [-0.3, -0.25) is 4.79 Å². The summed E-state index contributed by atoms with van der Waals surface area (Å²) in [6.07, 6.45) is 3.10. The molecule has 1 aliphatic carbocycles. The number of hydrogen-bond donors (Lipinski definition) is 1. The van der Waals surface area contributed by atoms with E-state index in [9.17, 15) is 9.90 Å². The lowest BCUT2D eigenvalue weighted by atomic mass is 10.2. The first-order valence-electron chi connectivity index (χ1n) is 6.33. The number of hydrogen-bond acceptors (Lipinski definition) is 4. The average Bonchev–Trinajstić information content (AvgIpc) is 2.82. The third kappa shape index (κ3) is 4.10. The second kappa shape index (κ2) is 6.38. The quantitative estimate of drug-likeness (QED) is 0.653. The lowest BCUT2D eigenvalue weighted by Crippen LogP contribution is -2.05. The Balaban J connectivity index is 1.78. The van der Waals surface area contributed by atoms with E-state index in [1.165, 1.54) is 0 Å². The highest BCUT2D eigenvalue weighted by atomic mass is 16.5. The minimum absolute atomic E-state index is 0.254. The Morgan fingerprint density at radius 1 is 1.37 bits per heavy atom. The molecule has 0 amide bonds. The van der Waals surface area contributed by atoms with Crippen molar-refractivity contribution in [1.82, 2.24) is 0 Å². The summed E-state index contributed by atoms with van der Waals surface area (Å²) in [5, 5.41) is 9.33. The maximum atomic E-state index is 11.6. The fraction of sp³-hybridized carbons (Fsp3) is 0.400. The van der Waals surface area contributed by atoms with Crippen LogP contribution in [-0.2, 0) is 16.1 Å². The van der Waals surface area contributed by atoms with Gasteiger partial charge in [-0.1, -0.05) is 23.8 Å². The molecule has 1 aromatic rings. The molecule has 0 radical (unpaired) electrons. The van der Waals surface area contributed by atoms with Crippen molar-refractivity contribution in [1.29, 1.82) is 0 Å². The van der Waals surface area contributed by atoms with E-state index in [1.807, 2.05) is 24.3 Å². The number of methoxy groups -OCH3 is 1. The van der Waals surface area contributed by atoms with Crippen LogP contribution in [0.1, 0.15) is 24.8 Å². The Morgan fingerprint density at radius 2 is 2.11 bits per heavy atom. The van der Waals surface area contributed by atoms with Crippen molar-refractivity contribution < 1.29 is 19.4 Å². The van der Waals surface area contributed by atoms with Gasteiger partial charge in [0.15, 0.2) is 0 Å². The molecule has 1 N–H and O–H groups in total. The second-order valence-corrected chi connectivity index (χ2v) is 4.62. The summed E-state index contributed by atoms with van der Waals surface area (Å²) in [5.74, 6) is 0.524. The van der Waals surface area contributed by atoms with E-state index in [-0.39, 0.29) is 19.0 Å². The molecule has 0 aromatic heterocycles. The lowest BCUT2D eigenvalue weighted by molar-refractivity contribution is -0.144. The third-order valence-corrected chi connectivity index (χ3v) is 3.12. The standard InChI is InChI=1S/C15H18O4/c1-18-14-6-3-11(4-7-14)10-19-15(17)9-12-2-5-13(16)8-12/h3-4,6-8,13,16H,2,5,9-10H2,1H3/t13-/m1/s1. The maximum Gasteiger partial charge on any atom is 0.310 e. The number of ether oxygens (including phenoxy) is 2. The zero-order valence-corrected chi connectivity index (χ0v) is 11.0. The van der Waals surface area contributed by atoms with Crippen LogP contribution in [0.25, 0.3) is 0 Å². The summed E-state index contributed by atoms with van der Waals surface area (Å²) in [4.78, 5) is 11.6. The molecule has 0 bridgehead atoms. The highest BCUT2D eigenvalue weighted by Crippen LogP contribution is 2.21. The van der Waals surface area contributed by atoms with Gasteiger partial charge in [-0.2, -0.15) is 0 Å².